The number of esters is 1. The van der Waals surface area contributed by atoms with Crippen molar-refractivity contribution in [2.75, 3.05) is 13.7 Å². The molecule has 0 aromatic heterocycles. The maximum atomic E-state index is 12.4. The number of ether oxygens (including phenoxy) is 6. The third-order valence-electron chi connectivity index (χ3n) is 5.98. The van der Waals surface area contributed by atoms with Crippen LogP contribution in [0.1, 0.15) is 54.9 Å². The zero-order valence-corrected chi connectivity index (χ0v) is 18.5. The zero-order chi connectivity index (χ0) is 21.4. The van der Waals surface area contributed by atoms with Crippen molar-refractivity contribution in [2.24, 2.45) is 0 Å². The minimum absolute atomic E-state index is 0.294. The Kier molecular flexibility index (Phi) is 4.87. The largest absolute Gasteiger partial charge is 0.467 e. The van der Waals surface area contributed by atoms with Gasteiger partial charge in [-0.15, -0.1) is 0 Å². The van der Waals surface area contributed by atoms with Crippen LogP contribution in [0.5, 0.6) is 0 Å². The summed E-state index contributed by atoms with van der Waals surface area (Å²) in [7, 11) is 1.36. The second-order valence-corrected chi connectivity index (χ2v) is 10.1. The number of hydrogen-bond donors (Lipinski definition) is 0. The van der Waals surface area contributed by atoms with Crippen molar-refractivity contribution in [3.05, 3.63) is 0 Å². The molecule has 9 heteroatoms. The monoisotopic (exact) mass is 415 g/mol. The fourth-order valence-corrected chi connectivity index (χ4v) is 4.97. The molecule has 6 atom stereocenters. The third-order valence-corrected chi connectivity index (χ3v) is 5.98. The van der Waals surface area contributed by atoms with E-state index in [1.165, 1.54) is 7.11 Å². The Hall–Kier alpha value is -0.810. The van der Waals surface area contributed by atoms with E-state index in [-0.39, 0.29) is 12.2 Å². The van der Waals surface area contributed by atoms with E-state index in [2.05, 4.69) is 0 Å². The Morgan fingerprint density at radius 2 is 1.59 bits per heavy atom. The normalized spacial score (nSPS) is 45.4. The molecule has 0 bridgehead atoms. The number of hydrogen-bond acceptors (Lipinski definition) is 9. The second-order valence-electron chi connectivity index (χ2n) is 10.1. The summed E-state index contributed by atoms with van der Waals surface area (Å²) in [4.78, 5) is 18.5. The number of rotatable bonds is 3. The molecule has 0 N–H and O–H groups in total. The summed E-state index contributed by atoms with van der Waals surface area (Å²) < 4.78 is 35.6. The smallest absolute Gasteiger partial charge is 0.340 e. The van der Waals surface area contributed by atoms with Gasteiger partial charge in [0.25, 0.3) is 0 Å². The number of methoxy groups -OCH3 is 1. The van der Waals surface area contributed by atoms with E-state index in [9.17, 15) is 4.79 Å². The SMILES string of the molecule is COC(=O)C1(C)CC(C)(C)N(C2OC(C3COC(C)(C)O3)C3OC(C)(C)OC32)O1. The molecule has 4 fully saturated rings. The summed E-state index contributed by atoms with van der Waals surface area (Å²) in [6.07, 6.45) is -1.55. The molecule has 0 radical (unpaired) electrons. The predicted molar refractivity (Wildman–Crippen MR) is 99.4 cm³/mol. The maximum absolute atomic E-state index is 12.4. The average molecular weight is 415 g/mol. The molecular formula is C20H33NO8. The molecule has 0 aromatic rings. The number of hydroxylamine groups is 2. The standard InChI is InChI=1S/C20H33NO8/c1-17(2)10-20(7,16(22)23-8)29-21(17)15-14-13(27-19(5,6)28-14)12(25-15)11-9-24-18(3,4)26-11/h11-15H,9-10H2,1-8H3. The molecule has 166 valence electrons. The van der Waals surface area contributed by atoms with Gasteiger partial charge in [0.1, 0.15) is 24.4 Å². The first-order chi connectivity index (χ1) is 13.3. The summed E-state index contributed by atoms with van der Waals surface area (Å²) >= 11 is 0. The molecule has 6 unspecified atom stereocenters. The zero-order valence-electron chi connectivity index (χ0n) is 18.5. The van der Waals surface area contributed by atoms with Crippen LogP contribution in [0.15, 0.2) is 0 Å². The van der Waals surface area contributed by atoms with E-state index in [1.54, 1.807) is 12.0 Å². The highest BCUT2D eigenvalue weighted by Crippen LogP contribution is 2.48. The van der Waals surface area contributed by atoms with Gasteiger partial charge in [0.05, 0.1) is 13.7 Å². The molecule has 4 aliphatic heterocycles. The molecule has 9 nitrogen and oxygen atoms in total. The number of carbonyl (C=O) groups excluding carboxylic acids is 1. The lowest BCUT2D eigenvalue weighted by Crippen LogP contribution is -2.50. The van der Waals surface area contributed by atoms with Crippen molar-refractivity contribution >= 4 is 5.97 Å². The highest BCUT2D eigenvalue weighted by molar-refractivity contribution is 5.79. The first kappa shape index (κ1) is 21.4. The lowest BCUT2D eigenvalue weighted by Gasteiger charge is -2.36. The maximum Gasteiger partial charge on any atom is 0.340 e. The Labute approximate surface area is 171 Å². The third kappa shape index (κ3) is 3.60. The molecule has 0 spiro atoms. The molecule has 4 saturated heterocycles. The molecule has 0 aliphatic carbocycles. The second kappa shape index (κ2) is 6.59. The van der Waals surface area contributed by atoms with Gasteiger partial charge < -0.3 is 28.4 Å². The van der Waals surface area contributed by atoms with Crippen LogP contribution in [0.3, 0.4) is 0 Å². The minimum atomic E-state index is -1.10. The Bertz CT molecular complexity index is 679. The first-order valence-electron chi connectivity index (χ1n) is 10.2. The molecule has 0 aromatic carbocycles. The number of carbonyl (C=O) groups is 1. The van der Waals surface area contributed by atoms with E-state index in [0.29, 0.717) is 13.0 Å². The van der Waals surface area contributed by atoms with Gasteiger partial charge in [0.15, 0.2) is 23.4 Å². The summed E-state index contributed by atoms with van der Waals surface area (Å²) in [5.41, 5.74) is -1.59. The van der Waals surface area contributed by atoms with Crippen LogP contribution in [0, 0.1) is 0 Å². The molecule has 4 heterocycles. The van der Waals surface area contributed by atoms with Crippen molar-refractivity contribution in [1.82, 2.24) is 5.06 Å². The van der Waals surface area contributed by atoms with Crippen LogP contribution < -0.4 is 0 Å². The van der Waals surface area contributed by atoms with Crippen molar-refractivity contribution < 1.29 is 38.1 Å². The molecule has 0 amide bonds. The fraction of sp³-hybridized carbons (Fsp3) is 0.950. The molecule has 4 rings (SSSR count). The topological polar surface area (TPSA) is 84.9 Å². The highest BCUT2D eigenvalue weighted by Gasteiger charge is 2.65. The van der Waals surface area contributed by atoms with Crippen molar-refractivity contribution in [3.8, 4) is 0 Å². The summed E-state index contributed by atoms with van der Waals surface area (Å²) in [6.45, 7) is 13.7. The Balaban J connectivity index is 1.61. The van der Waals surface area contributed by atoms with E-state index < -0.39 is 47.1 Å². The number of nitrogens with zero attached hydrogens (tertiary/aromatic N) is 1. The molecule has 0 saturated carbocycles. The first-order valence-corrected chi connectivity index (χ1v) is 10.2. The Morgan fingerprint density at radius 3 is 2.17 bits per heavy atom. The van der Waals surface area contributed by atoms with Crippen LogP contribution in [-0.2, 0) is 38.1 Å². The lowest BCUT2D eigenvalue weighted by molar-refractivity contribution is -0.313. The van der Waals surface area contributed by atoms with Gasteiger partial charge in [0.2, 0.25) is 0 Å². The van der Waals surface area contributed by atoms with Crippen molar-refractivity contribution in [3.63, 3.8) is 0 Å². The van der Waals surface area contributed by atoms with Crippen LogP contribution in [0.4, 0.5) is 0 Å². The van der Waals surface area contributed by atoms with Crippen LogP contribution >= 0.6 is 0 Å². The van der Waals surface area contributed by atoms with Crippen LogP contribution in [-0.4, -0.2) is 78.1 Å². The highest BCUT2D eigenvalue weighted by atomic mass is 16.8. The van der Waals surface area contributed by atoms with Gasteiger partial charge in [-0.05, 0) is 48.5 Å². The Morgan fingerprint density at radius 1 is 0.931 bits per heavy atom. The van der Waals surface area contributed by atoms with E-state index in [1.807, 2.05) is 41.5 Å². The van der Waals surface area contributed by atoms with Gasteiger partial charge >= 0.3 is 5.97 Å². The van der Waals surface area contributed by atoms with Gasteiger partial charge in [-0.1, -0.05) is 0 Å². The molecule has 4 aliphatic rings. The van der Waals surface area contributed by atoms with Gasteiger partial charge in [-0.25, -0.2) is 4.79 Å². The molecule has 29 heavy (non-hydrogen) atoms. The average Bonchev–Trinajstić information content (AvgIpc) is 3.26. The lowest BCUT2D eigenvalue weighted by atomic mass is 9.89. The fourth-order valence-electron chi connectivity index (χ4n) is 4.97. The summed E-state index contributed by atoms with van der Waals surface area (Å²) in [5.74, 6) is -1.86. The van der Waals surface area contributed by atoms with E-state index in [4.69, 9.17) is 33.3 Å². The molecular weight excluding hydrogens is 382 g/mol. The van der Waals surface area contributed by atoms with E-state index >= 15 is 0 Å². The van der Waals surface area contributed by atoms with Crippen molar-refractivity contribution in [2.45, 2.75) is 108 Å². The van der Waals surface area contributed by atoms with Crippen LogP contribution in [0.25, 0.3) is 0 Å². The van der Waals surface area contributed by atoms with Crippen molar-refractivity contribution in [1.29, 1.82) is 0 Å². The quantitative estimate of drug-likeness (QED) is 0.640. The summed E-state index contributed by atoms with van der Waals surface area (Å²) in [5, 5.41) is 1.73. The number of fused-ring (bicyclic) bond motifs is 1. The minimum Gasteiger partial charge on any atom is -0.467 e. The van der Waals surface area contributed by atoms with Gasteiger partial charge in [-0.2, -0.15) is 5.06 Å². The van der Waals surface area contributed by atoms with Gasteiger partial charge in [-0.3, -0.25) is 4.84 Å². The van der Waals surface area contributed by atoms with E-state index in [0.717, 1.165) is 0 Å². The van der Waals surface area contributed by atoms with Crippen LogP contribution in [0.2, 0.25) is 0 Å². The predicted octanol–water partition coefficient (Wildman–Crippen LogP) is 1.73. The summed E-state index contributed by atoms with van der Waals surface area (Å²) in [6, 6.07) is 0. The van der Waals surface area contributed by atoms with Gasteiger partial charge in [0, 0.05) is 12.0 Å².